The van der Waals surface area contributed by atoms with Crippen LogP contribution in [0.5, 0.6) is 0 Å². The fourth-order valence-corrected chi connectivity index (χ4v) is 1.97. The van der Waals surface area contributed by atoms with Gasteiger partial charge in [0, 0.05) is 12.8 Å². The summed E-state index contributed by atoms with van der Waals surface area (Å²) in [5.74, 6) is 0.734. The van der Waals surface area contributed by atoms with Gasteiger partial charge in [0.15, 0.2) is 0 Å². The van der Waals surface area contributed by atoms with Gasteiger partial charge in [-0.3, -0.25) is 4.79 Å². The topological polar surface area (TPSA) is 17.1 Å². The average Bonchev–Trinajstić information content (AvgIpc) is 2.31. The number of carbonyl (C=O) groups excluding carboxylic acids is 1. The van der Waals surface area contributed by atoms with E-state index in [0.717, 1.165) is 12.0 Å². The standard InChI is InChI=1S/C15H16O/c16-15(11-13-7-3-1-4-8-13)12-14-9-5-2-6-10-14/h1-9,14H,10-12H2. The summed E-state index contributed by atoms with van der Waals surface area (Å²) < 4.78 is 0. The summed E-state index contributed by atoms with van der Waals surface area (Å²) in [5.41, 5.74) is 1.11. The van der Waals surface area contributed by atoms with Crippen LogP contribution in [0.3, 0.4) is 0 Å². The van der Waals surface area contributed by atoms with Crippen LogP contribution in [-0.4, -0.2) is 5.78 Å². The minimum atomic E-state index is 0.330. The van der Waals surface area contributed by atoms with Crippen molar-refractivity contribution >= 4 is 5.78 Å². The molecule has 1 aliphatic rings. The Balaban J connectivity index is 1.85. The van der Waals surface area contributed by atoms with Crippen molar-refractivity contribution in [3.63, 3.8) is 0 Å². The smallest absolute Gasteiger partial charge is 0.137 e. The quantitative estimate of drug-likeness (QED) is 0.748. The van der Waals surface area contributed by atoms with E-state index < -0.39 is 0 Å². The summed E-state index contributed by atoms with van der Waals surface area (Å²) in [6.07, 6.45) is 10.5. The summed E-state index contributed by atoms with van der Waals surface area (Å²) in [6.45, 7) is 0. The first-order valence-electron chi connectivity index (χ1n) is 5.73. The molecule has 0 spiro atoms. The Labute approximate surface area is 96.5 Å². The molecule has 16 heavy (non-hydrogen) atoms. The zero-order valence-electron chi connectivity index (χ0n) is 9.30. The van der Waals surface area contributed by atoms with Crippen molar-refractivity contribution in [1.82, 2.24) is 0 Å². The van der Waals surface area contributed by atoms with Crippen LogP contribution in [0.1, 0.15) is 18.4 Å². The third kappa shape index (κ3) is 3.20. The minimum absolute atomic E-state index is 0.330. The van der Waals surface area contributed by atoms with Crippen molar-refractivity contribution in [2.24, 2.45) is 5.92 Å². The van der Waals surface area contributed by atoms with E-state index in [2.05, 4.69) is 12.2 Å². The molecule has 1 aromatic rings. The van der Waals surface area contributed by atoms with Crippen molar-refractivity contribution < 1.29 is 4.79 Å². The van der Waals surface area contributed by atoms with E-state index in [9.17, 15) is 4.79 Å². The molecule has 0 amide bonds. The van der Waals surface area contributed by atoms with E-state index >= 15 is 0 Å². The Morgan fingerprint density at radius 1 is 1.19 bits per heavy atom. The number of allylic oxidation sites excluding steroid dienone is 4. The van der Waals surface area contributed by atoms with Gasteiger partial charge in [0.25, 0.3) is 0 Å². The minimum Gasteiger partial charge on any atom is -0.299 e. The predicted molar refractivity (Wildman–Crippen MR) is 66.2 cm³/mol. The molecular weight excluding hydrogens is 196 g/mol. The SMILES string of the molecule is O=C(Cc1ccccc1)CC1C=CC=CC1. The molecule has 2 rings (SSSR count). The third-order valence-electron chi connectivity index (χ3n) is 2.80. The number of carbonyl (C=O) groups is 1. The zero-order valence-corrected chi connectivity index (χ0v) is 9.30. The van der Waals surface area contributed by atoms with Gasteiger partial charge in [-0.05, 0) is 17.9 Å². The highest BCUT2D eigenvalue weighted by Gasteiger charge is 2.11. The molecule has 0 aliphatic heterocycles. The van der Waals surface area contributed by atoms with Crippen LogP contribution in [0.4, 0.5) is 0 Å². The van der Waals surface area contributed by atoms with Gasteiger partial charge in [0.05, 0.1) is 0 Å². The Morgan fingerprint density at radius 2 is 2.00 bits per heavy atom. The first-order valence-corrected chi connectivity index (χ1v) is 5.73. The van der Waals surface area contributed by atoms with Crippen LogP contribution in [-0.2, 0) is 11.2 Å². The van der Waals surface area contributed by atoms with E-state index in [1.807, 2.05) is 42.5 Å². The van der Waals surface area contributed by atoms with Gasteiger partial charge in [-0.1, -0.05) is 54.6 Å². The van der Waals surface area contributed by atoms with Gasteiger partial charge in [0.1, 0.15) is 5.78 Å². The summed E-state index contributed by atoms with van der Waals surface area (Å²) in [5, 5.41) is 0. The van der Waals surface area contributed by atoms with Crippen LogP contribution in [0.25, 0.3) is 0 Å². The number of rotatable bonds is 4. The molecule has 1 heteroatoms. The van der Waals surface area contributed by atoms with Gasteiger partial charge >= 0.3 is 0 Å². The van der Waals surface area contributed by atoms with Crippen molar-refractivity contribution in [2.45, 2.75) is 19.3 Å². The van der Waals surface area contributed by atoms with E-state index in [1.54, 1.807) is 0 Å². The maximum absolute atomic E-state index is 11.8. The number of ketones is 1. The fraction of sp³-hybridized carbons (Fsp3) is 0.267. The maximum atomic E-state index is 11.8. The zero-order chi connectivity index (χ0) is 11.2. The lowest BCUT2D eigenvalue weighted by atomic mass is 9.93. The molecule has 82 valence electrons. The lowest BCUT2D eigenvalue weighted by Gasteiger charge is -2.11. The van der Waals surface area contributed by atoms with Crippen LogP contribution >= 0.6 is 0 Å². The Kier molecular flexibility index (Phi) is 3.71. The summed E-state index contributed by atoms with van der Waals surface area (Å²) in [6, 6.07) is 9.95. The fourth-order valence-electron chi connectivity index (χ4n) is 1.97. The summed E-state index contributed by atoms with van der Waals surface area (Å²) in [7, 11) is 0. The Morgan fingerprint density at radius 3 is 2.69 bits per heavy atom. The predicted octanol–water partition coefficient (Wildman–Crippen LogP) is 3.32. The molecule has 0 N–H and O–H groups in total. The van der Waals surface area contributed by atoms with Gasteiger partial charge in [-0.15, -0.1) is 0 Å². The highest BCUT2D eigenvalue weighted by atomic mass is 16.1. The average molecular weight is 212 g/mol. The van der Waals surface area contributed by atoms with Crippen molar-refractivity contribution in [1.29, 1.82) is 0 Å². The van der Waals surface area contributed by atoms with Gasteiger partial charge in [0.2, 0.25) is 0 Å². The van der Waals surface area contributed by atoms with Crippen molar-refractivity contribution in [3.05, 3.63) is 60.2 Å². The second kappa shape index (κ2) is 5.45. The van der Waals surface area contributed by atoms with Crippen LogP contribution < -0.4 is 0 Å². The van der Waals surface area contributed by atoms with Gasteiger partial charge < -0.3 is 0 Å². The number of Topliss-reactive ketones (excluding diaryl/α,β-unsaturated/α-hetero) is 1. The molecular formula is C15H16O. The molecule has 1 unspecified atom stereocenters. The highest BCUT2D eigenvalue weighted by molar-refractivity contribution is 5.81. The van der Waals surface area contributed by atoms with E-state index in [1.165, 1.54) is 0 Å². The molecule has 1 aliphatic carbocycles. The molecule has 0 saturated carbocycles. The summed E-state index contributed by atoms with van der Waals surface area (Å²) >= 11 is 0. The normalized spacial score (nSPS) is 18.6. The van der Waals surface area contributed by atoms with E-state index in [0.29, 0.717) is 24.5 Å². The Bertz CT molecular complexity index is 401. The monoisotopic (exact) mass is 212 g/mol. The lowest BCUT2D eigenvalue weighted by molar-refractivity contribution is -0.119. The van der Waals surface area contributed by atoms with Crippen LogP contribution in [0.15, 0.2) is 54.6 Å². The third-order valence-corrected chi connectivity index (χ3v) is 2.80. The largest absolute Gasteiger partial charge is 0.299 e. The number of hydrogen-bond acceptors (Lipinski definition) is 1. The molecule has 1 atom stereocenters. The molecule has 0 fully saturated rings. The summed E-state index contributed by atoms with van der Waals surface area (Å²) in [4.78, 5) is 11.8. The molecule has 0 heterocycles. The molecule has 1 nitrogen and oxygen atoms in total. The first kappa shape index (κ1) is 10.9. The number of benzene rings is 1. The molecule has 0 saturated heterocycles. The lowest BCUT2D eigenvalue weighted by Crippen LogP contribution is -2.09. The van der Waals surface area contributed by atoms with Crippen LogP contribution in [0.2, 0.25) is 0 Å². The maximum Gasteiger partial charge on any atom is 0.137 e. The van der Waals surface area contributed by atoms with Gasteiger partial charge in [-0.2, -0.15) is 0 Å². The second-order valence-electron chi connectivity index (χ2n) is 4.21. The van der Waals surface area contributed by atoms with E-state index in [4.69, 9.17) is 0 Å². The van der Waals surface area contributed by atoms with Crippen molar-refractivity contribution in [3.8, 4) is 0 Å². The Hall–Kier alpha value is -1.63. The highest BCUT2D eigenvalue weighted by Crippen LogP contribution is 2.17. The van der Waals surface area contributed by atoms with Crippen molar-refractivity contribution in [2.75, 3.05) is 0 Å². The second-order valence-corrected chi connectivity index (χ2v) is 4.21. The van der Waals surface area contributed by atoms with Gasteiger partial charge in [-0.25, -0.2) is 0 Å². The first-order chi connectivity index (χ1) is 7.84. The molecule has 0 aromatic heterocycles. The number of hydrogen-bond donors (Lipinski definition) is 0. The van der Waals surface area contributed by atoms with E-state index in [-0.39, 0.29) is 0 Å². The molecule has 1 aromatic carbocycles. The van der Waals surface area contributed by atoms with Crippen LogP contribution in [0, 0.1) is 5.92 Å². The molecule has 0 bridgehead atoms. The molecule has 0 radical (unpaired) electrons.